The van der Waals surface area contributed by atoms with Gasteiger partial charge in [0.05, 0.1) is 5.75 Å². The summed E-state index contributed by atoms with van der Waals surface area (Å²) in [5, 5.41) is 3.75. The van der Waals surface area contributed by atoms with Crippen LogP contribution < -0.4 is 5.32 Å². The fourth-order valence-electron chi connectivity index (χ4n) is 2.17. The van der Waals surface area contributed by atoms with Crippen molar-refractivity contribution in [1.82, 2.24) is 0 Å². The number of halogens is 1. The van der Waals surface area contributed by atoms with Crippen molar-refractivity contribution in [3.05, 3.63) is 64.7 Å². The standard InChI is InChI=1S/C18H20ClNOS/c1-13(2)15-8-4-6-10-17(15)20-18(21)12-22-11-14-7-3-5-9-16(14)19/h3-10,13H,11-12H2,1-2H3,(H,20,21). The molecule has 0 fully saturated rings. The van der Waals surface area contributed by atoms with Crippen molar-refractivity contribution in [2.45, 2.75) is 25.5 Å². The fourth-order valence-corrected chi connectivity index (χ4v) is 3.28. The molecule has 0 aliphatic rings. The number of benzene rings is 2. The number of nitrogens with one attached hydrogen (secondary N) is 1. The molecule has 1 amide bonds. The van der Waals surface area contributed by atoms with Crippen LogP contribution in [0.2, 0.25) is 5.02 Å². The maximum atomic E-state index is 12.1. The number of thioether (sulfide) groups is 1. The highest BCUT2D eigenvalue weighted by Gasteiger charge is 2.09. The number of hydrogen-bond donors (Lipinski definition) is 1. The number of amides is 1. The van der Waals surface area contributed by atoms with Gasteiger partial charge in [0, 0.05) is 16.5 Å². The topological polar surface area (TPSA) is 29.1 Å². The van der Waals surface area contributed by atoms with Crippen LogP contribution in [0, 0.1) is 0 Å². The van der Waals surface area contributed by atoms with Crippen LogP contribution in [0.4, 0.5) is 5.69 Å². The lowest BCUT2D eigenvalue weighted by Crippen LogP contribution is -2.15. The Hall–Kier alpha value is -1.45. The van der Waals surface area contributed by atoms with Crippen LogP contribution in [0.3, 0.4) is 0 Å². The third-order valence-electron chi connectivity index (χ3n) is 3.31. The van der Waals surface area contributed by atoms with Crippen molar-refractivity contribution in [3.63, 3.8) is 0 Å². The number of carbonyl (C=O) groups is 1. The van der Waals surface area contributed by atoms with Gasteiger partial charge in [0.15, 0.2) is 0 Å². The van der Waals surface area contributed by atoms with Crippen LogP contribution in [0.25, 0.3) is 0 Å². The van der Waals surface area contributed by atoms with Gasteiger partial charge in [-0.1, -0.05) is 61.8 Å². The Morgan fingerprint density at radius 3 is 2.55 bits per heavy atom. The molecule has 2 aromatic carbocycles. The van der Waals surface area contributed by atoms with Crippen LogP contribution in [0.15, 0.2) is 48.5 Å². The van der Waals surface area contributed by atoms with E-state index in [9.17, 15) is 4.79 Å². The summed E-state index contributed by atoms with van der Waals surface area (Å²) in [4.78, 5) is 12.1. The van der Waals surface area contributed by atoms with E-state index in [4.69, 9.17) is 11.6 Å². The van der Waals surface area contributed by atoms with Gasteiger partial charge in [-0.25, -0.2) is 0 Å². The molecule has 0 aliphatic carbocycles. The van der Waals surface area contributed by atoms with Gasteiger partial charge in [-0.15, -0.1) is 11.8 Å². The van der Waals surface area contributed by atoms with E-state index in [-0.39, 0.29) is 5.91 Å². The maximum absolute atomic E-state index is 12.1. The van der Waals surface area contributed by atoms with Gasteiger partial charge in [-0.3, -0.25) is 4.79 Å². The summed E-state index contributed by atoms with van der Waals surface area (Å²) >= 11 is 7.68. The highest BCUT2D eigenvalue weighted by molar-refractivity contribution is 7.99. The lowest BCUT2D eigenvalue weighted by molar-refractivity contribution is -0.113. The van der Waals surface area contributed by atoms with Gasteiger partial charge >= 0.3 is 0 Å². The molecular formula is C18H20ClNOS. The van der Waals surface area contributed by atoms with Crippen LogP contribution in [-0.2, 0) is 10.5 Å². The number of para-hydroxylation sites is 1. The minimum atomic E-state index is 0.0187. The minimum absolute atomic E-state index is 0.0187. The summed E-state index contributed by atoms with van der Waals surface area (Å²) in [7, 11) is 0. The maximum Gasteiger partial charge on any atom is 0.234 e. The number of anilines is 1. The Bertz CT molecular complexity index is 642. The molecule has 22 heavy (non-hydrogen) atoms. The van der Waals surface area contributed by atoms with Crippen LogP contribution in [-0.4, -0.2) is 11.7 Å². The first kappa shape index (κ1) is 16.9. The second-order valence-corrected chi connectivity index (χ2v) is 6.77. The molecule has 0 saturated carbocycles. The Kier molecular flexibility index (Phi) is 6.34. The summed E-state index contributed by atoms with van der Waals surface area (Å²) < 4.78 is 0. The predicted molar refractivity (Wildman–Crippen MR) is 96.8 cm³/mol. The predicted octanol–water partition coefficient (Wildman–Crippen LogP) is 5.34. The molecule has 4 heteroatoms. The molecule has 0 aromatic heterocycles. The van der Waals surface area contributed by atoms with Crippen molar-refractivity contribution in [2.24, 2.45) is 0 Å². The highest BCUT2D eigenvalue weighted by Crippen LogP contribution is 2.24. The normalized spacial score (nSPS) is 10.7. The van der Waals surface area contributed by atoms with Crippen LogP contribution in [0.1, 0.15) is 30.9 Å². The first-order valence-corrected chi connectivity index (χ1v) is 8.81. The largest absolute Gasteiger partial charge is 0.325 e. The molecule has 116 valence electrons. The van der Waals surface area contributed by atoms with Gasteiger partial charge in [-0.05, 0) is 29.2 Å². The summed E-state index contributed by atoms with van der Waals surface area (Å²) in [6.45, 7) is 4.24. The third kappa shape index (κ3) is 4.79. The van der Waals surface area contributed by atoms with Crippen molar-refractivity contribution in [3.8, 4) is 0 Å². The molecule has 0 radical (unpaired) electrons. The van der Waals surface area contributed by atoms with Gasteiger partial charge in [0.1, 0.15) is 0 Å². The second-order valence-electron chi connectivity index (χ2n) is 5.37. The molecule has 2 aromatic rings. The monoisotopic (exact) mass is 333 g/mol. The molecule has 2 nitrogen and oxygen atoms in total. The molecule has 1 N–H and O–H groups in total. The number of carbonyl (C=O) groups excluding carboxylic acids is 1. The van der Waals surface area contributed by atoms with E-state index in [1.807, 2.05) is 42.5 Å². The zero-order chi connectivity index (χ0) is 15.9. The zero-order valence-corrected chi connectivity index (χ0v) is 14.4. The molecular weight excluding hydrogens is 314 g/mol. The van der Waals surface area contributed by atoms with E-state index in [2.05, 4.69) is 25.2 Å². The number of hydrogen-bond acceptors (Lipinski definition) is 2. The molecule has 0 aliphatic heterocycles. The Labute approximate surface area is 141 Å². The van der Waals surface area contributed by atoms with Crippen LogP contribution in [0.5, 0.6) is 0 Å². The summed E-state index contributed by atoms with van der Waals surface area (Å²) in [5.74, 6) is 1.55. The molecule has 0 unspecified atom stereocenters. The average Bonchev–Trinajstić information content (AvgIpc) is 2.49. The zero-order valence-electron chi connectivity index (χ0n) is 12.8. The van der Waals surface area contributed by atoms with E-state index in [0.29, 0.717) is 11.7 Å². The Balaban J connectivity index is 1.88. The Morgan fingerprint density at radius 1 is 1.14 bits per heavy atom. The summed E-state index contributed by atoms with van der Waals surface area (Å²) in [6, 6.07) is 15.7. The molecule has 0 saturated heterocycles. The molecule has 2 rings (SSSR count). The fraction of sp³-hybridized carbons (Fsp3) is 0.278. The van der Waals surface area contributed by atoms with Gasteiger partial charge in [0.25, 0.3) is 0 Å². The molecule has 0 spiro atoms. The van der Waals surface area contributed by atoms with Gasteiger partial charge in [0.2, 0.25) is 5.91 Å². The first-order chi connectivity index (χ1) is 10.6. The SMILES string of the molecule is CC(C)c1ccccc1NC(=O)CSCc1ccccc1Cl. The van der Waals surface area contributed by atoms with Crippen molar-refractivity contribution in [2.75, 3.05) is 11.1 Å². The lowest BCUT2D eigenvalue weighted by Gasteiger charge is -2.13. The van der Waals surface area contributed by atoms with Gasteiger partial charge < -0.3 is 5.32 Å². The average molecular weight is 334 g/mol. The Morgan fingerprint density at radius 2 is 1.82 bits per heavy atom. The van der Waals surface area contributed by atoms with E-state index < -0.39 is 0 Å². The smallest absolute Gasteiger partial charge is 0.234 e. The van der Waals surface area contributed by atoms with E-state index in [1.54, 1.807) is 11.8 Å². The molecule has 0 bridgehead atoms. The third-order valence-corrected chi connectivity index (χ3v) is 4.66. The van der Waals surface area contributed by atoms with Crippen molar-refractivity contribution in [1.29, 1.82) is 0 Å². The lowest BCUT2D eigenvalue weighted by atomic mass is 10.0. The van der Waals surface area contributed by atoms with Gasteiger partial charge in [-0.2, -0.15) is 0 Å². The summed E-state index contributed by atoms with van der Waals surface area (Å²) in [6.07, 6.45) is 0. The second kappa shape index (κ2) is 8.25. The van der Waals surface area contributed by atoms with E-state index in [0.717, 1.165) is 27.6 Å². The number of rotatable bonds is 6. The van der Waals surface area contributed by atoms with E-state index in [1.165, 1.54) is 0 Å². The van der Waals surface area contributed by atoms with Crippen molar-refractivity contribution >= 4 is 35.0 Å². The quantitative estimate of drug-likeness (QED) is 0.773. The summed E-state index contributed by atoms with van der Waals surface area (Å²) in [5.41, 5.74) is 3.12. The molecule has 0 atom stereocenters. The van der Waals surface area contributed by atoms with E-state index >= 15 is 0 Å². The minimum Gasteiger partial charge on any atom is -0.325 e. The van der Waals surface area contributed by atoms with Crippen LogP contribution >= 0.6 is 23.4 Å². The first-order valence-electron chi connectivity index (χ1n) is 7.28. The molecule has 0 heterocycles. The van der Waals surface area contributed by atoms with Crippen molar-refractivity contribution < 1.29 is 4.79 Å². The highest BCUT2D eigenvalue weighted by atomic mass is 35.5.